The van der Waals surface area contributed by atoms with E-state index in [0.29, 0.717) is 6.54 Å². The summed E-state index contributed by atoms with van der Waals surface area (Å²) in [7, 11) is 0. The highest BCUT2D eigenvalue weighted by Crippen LogP contribution is 2.16. The Morgan fingerprint density at radius 2 is 2.06 bits per heavy atom. The van der Waals surface area contributed by atoms with Crippen LogP contribution in [0.1, 0.15) is 25.7 Å². The molecule has 0 radical (unpaired) electrons. The molecule has 5 nitrogen and oxygen atoms in total. The van der Waals surface area contributed by atoms with Crippen LogP contribution in [0.3, 0.4) is 0 Å². The van der Waals surface area contributed by atoms with Gasteiger partial charge in [0.05, 0.1) is 6.61 Å². The van der Waals surface area contributed by atoms with E-state index in [1.807, 2.05) is 4.90 Å². The Kier molecular flexibility index (Phi) is 5.41. The minimum Gasteiger partial charge on any atom is -0.395 e. The normalized spacial score (nSPS) is 26.9. The van der Waals surface area contributed by atoms with E-state index in [9.17, 15) is 4.79 Å². The first-order chi connectivity index (χ1) is 8.81. The van der Waals surface area contributed by atoms with E-state index in [0.717, 1.165) is 58.5 Å². The molecule has 2 rings (SSSR count). The van der Waals surface area contributed by atoms with Crippen LogP contribution in [0.5, 0.6) is 0 Å². The summed E-state index contributed by atoms with van der Waals surface area (Å²) in [4.78, 5) is 16.5. The van der Waals surface area contributed by atoms with Crippen molar-refractivity contribution in [3.63, 3.8) is 0 Å². The number of aliphatic hydroxyl groups is 1. The van der Waals surface area contributed by atoms with Crippen LogP contribution in [0.4, 0.5) is 0 Å². The topological polar surface area (TPSA) is 53.0 Å². The minimum absolute atomic E-state index is 0.167. The fourth-order valence-electron chi connectivity index (χ4n) is 2.70. The van der Waals surface area contributed by atoms with Gasteiger partial charge < -0.3 is 14.7 Å². The van der Waals surface area contributed by atoms with Gasteiger partial charge in [-0.05, 0) is 32.2 Å². The molecule has 5 heteroatoms. The molecular weight excluding hydrogens is 232 g/mol. The zero-order valence-electron chi connectivity index (χ0n) is 11.0. The smallest absolute Gasteiger partial charge is 0.251 e. The highest BCUT2D eigenvalue weighted by Gasteiger charge is 2.27. The van der Waals surface area contributed by atoms with E-state index in [4.69, 9.17) is 9.84 Å². The number of rotatable bonds is 3. The predicted octanol–water partition coefficient (Wildman–Crippen LogP) is 0.0821. The SMILES string of the molecule is O=C(C1CCCCO1)N1CCCN(CCO)CC1. The molecule has 1 atom stereocenters. The average Bonchev–Trinajstić information content (AvgIpc) is 2.65. The molecule has 1 N–H and O–H groups in total. The maximum atomic E-state index is 12.3. The van der Waals surface area contributed by atoms with E-state index in [2.05, 4.69) is 4.90 Å². The van der Waals surface area contributed by atoms with Crippen LogP contribution in [0, 0.1) is 0 Å². The maximum Gasteiger partial charge on any atom is 0.251 e. The van der Waals surface area contributed by atoms with E-state index >= 15 is 0 Å². The number of amides is 1. The first-order valence-corrected chi connectivity index (χ1v) is 7.05. The van der Waals surface area contributed by atoms with Crippen molar-refractivity contribution in [3.8, 4) is 0 Å². The van der Waals surface area contributed by atoms with Crippen molar-refractivity contribution >= 4 is 5.91 Å². The van der Waals surface area contributed by atoms with Gasteiger partial charge in [-0.2, -0.15) is 0 Å². The van der Waals surface area contributed by atoms with E-state index in [1.54, 1.807) is 0 Å². The van der Waals surface area contributed by atoms with Gasteiger partial charge in [-0.25, -0.2) is 0 Å². The fourth-order valence-corrected chi connectivity index (χ4v) is 2.70. The molecule has 18 heavy (non-hydrogen) atoms. The number of hydrogen-bond acceptors (Lipinski definition) is 4. The van der Waals surface area contributed by atoms with Crippen molar-refractivity contribution in [1.82, 2.24) is 9.80 Å². The number of nitrogens with zero attached hydrogens (tertiary/aromatic N) is 2. The summed E-state index contributed by atoms with van der Waals surface area (Å²) in [6.07, 6.45) is 3.83. The van der Waals surface area contributed by atoms with Gasteiger partial charge in [-0.1, -0.05) is 0 Å². The monoisotopic (exact) mass is 256 g/mol. The van der Waals surface area contributed by atoms with Gasteiger partial charge >= 0.3 is 0 Å². The Bertz CT molecular complexity index is 267. The fraction of sp³-hybridized carbons (Fsp3) is 0.923. The molecule has 0 aromatic carbocycles. The lowest BCUT2D eigenvalue weighted by Crippen LogP contribution is -2.43. The molecule has 2 aliphatic heterocycles. The third kappa shape index (κ3) is 3.67. The second-order valence-corrected chi connectivity index (χ2v) is 5.10. The number of carbonyl (C=O) groups excluding carboxylic acids is 1. The summed E-state index contributed by atoms with van der Waals surface area (Å²) < 4.78 is 5.56. The quantitative estimate of drug-likeness (QED) is 0.777. The number of hydrogen-bond donors (Lipinski definition) is 1. The summed E-state index contributed by atoms with van der Waals surface area (Å²) in [5.74, 6) is 0.167. The standard InChI is InChI=1S/C13H24N2O3/c16-10-9-14-5-3-6-15(8-7-14)13(17)12-4-1-2-11-18-12/h12,16H,1-11H2. The van der Waals surface area contributed by atoms with Crippen LogP contribution in [-0.2, 0) is 9.53 Å². The molecule has 2 aliphatic rings. The summed E-state index contributed by atoms with van der Waals surface area (Å²) in [5, 5.41) is 8.95. The van der Waals surface area contributed by atoms with Crippen LogP contribution in [-0.4, -0.2) is 72.9 Å². The van der Waals surface area contributed by atoms with E-state index in [1.165, 1.54) is 0 Å². The molecule has 2 fully saturated rings. The molecule has 1 unspecified atom stereocenters. The zero-order valence-corrected chi connectivity index (χ0v) is 11.0. The molecule has 104 valence electrons. The van der Waals surface area contributed by atoms with Gasteiger partial charge in [0.1, 0.15) is 6.10 Å². The molecule has 1 amide bonds. The van der Waals surface area contributed by atoms with Gasteiger partial charge in [0.2, 0.25) is 0 Å². The molecule has 2 heterocycles. The minimum atomic E-state index is -0.205. The molecule has 2 saturated heterocycles. The van der Waals surface area contributed by atoms with Crippen molar-refractivity contribution in [2.75, 3.05) is 45.9 Å². The summed E-state index contributed by atoms with van der Waals surface area (Å²) >= 11 is 0. The molecule has 0 spiro atoms. The van der Waals surface area contributed by atoms with Gasteiger partial charge in [0, 0.05) is 32.8 Å². The second kappa shape index (κ2) is 7.07. The summed E-state index contributed by atoms with van der Waals surface area (Å²) in [6.45, 7) is 5.04. The third-order valence-corrected chi connectivity index (χ3v) is 3.77. The lowest BCUT2D eigenvalue weighted by atomic mass is 10.1. The number of β-amino-alcohol motifs (C(OH)–C–C–N with tert-alkyl or cyclic N) is 1. The lowest BCUT2D eigenvalue weighted by molar-refractivity contribution is -0.146. The van der Waals surface area contributed by atoms with Gasteiger partial charge in [0.25, 0.3) is 5.91 Å². The second-order valence-electron chi connectivity index (χ2n) is 5.10. The maximum absolute atomic E-state index is 12.3. The highest BCUT2D eigenvalue weighted by atomic mass is 16.5. The molecule has 0 aromatic heterocycles. The molecule has 0 saturated carbocycles. The van der Waals surface area contributed by atoms with Crippen molar-refractivity contribution < 1.29 is 14.6 Å². The third-order valence-electron chi connectivity index (χ3n) is 3.77. The first-order valence-electron chi connectivity index (χ1n) is 7.05. The zero-order chi connectivity index (χ0) is 12.8. The number of ether oxygens (including phenoxy) is 1. The molecule has 0 aliphatic carbocycles. The van der Waals surface area contributed by atoms with Crippen LogP contribution in [0.2, 0.25) is 0 Å². The Hall–Kier alpha value is -0.650. The van der Waals surface area contributed by atoms with Crippen molar-refractivity contribution in [3.05, 3.63) is 0 Å². The van der Waals surface area contributed by atoms with Gasteiger partial charge in [0.15, 0.2) is 0 Å². The van der Waals surface area contributed by atoms with E-state index < -0.39 is 0 Å². The molecule has 0 aromatic rings. The summed E-state index contributed by atoms with van der Waals surface area (Å²) in [5.41, 5.74) is 0. The van der Waals surface area contributed by atoms with Crippen LogP contribution < -0.4 is 0 Å². The highest BCUT2D eigenvalue weighted by molar-refractivity contribution is 5.81. The largest absolute Gasteiger partial charge is 0.395 e. The van der Waals surface area contributed by atoms with Crippen LogP contribution in [0.15, 0.2) is 0 Å². The summed E-state index contributed by atoms with van der Waals surface area (Å²) in [6, 6.07) is 0. The lowest BCUT2D eigenvalue weighted by Gasteiger charge is -2.28. The Balaban J connectivity index is 1.82. The Morgan fingerprint density at radius 3 is 2.78 bits per heavy atom. The van der Waals surface area contributed by atoms with Crippen molar-refractivity contribution in [1.29, 1.82) is 0 Å². The molecular formula is C13H24N2O3. The number of aliphatic hydroxyl groups excluding tert-OH is 1. The Labute approximate surface area is 109 Å². The van der Waals surface area contributed by atoms with Crippen molar-refractivity contribution in [2.24, 2.45) is 0 Å². The average molecular weight is 256 g/mol. The predicted molar refractivity (Wildman–Crippen MR) is 68.3 cm³/mol. The Morgan fingerprint density at radius 1 is 1.17 bits per heavy atom. The molecule has 0 bridgehead atoms. The van der Waals surface area contributed by atoms with Crippen LogP contribution in [0.25, 0.3) is 0 Å². The van der Waals surface area contributed by atoms with Crippen molar-refractivity contribution in [2.45, 2.75) is 31.8 Å². The van der Waals surface area contributed by atoms with Crippen LogP contribution >= 0.6 is 0 Å². The number of carbonyl (C=O) groups is 1. The van der Waals surface area contributed by atoms with Gasteiger partial charge in [-0.15, -0.1) is 0 Å². The van der Waals surface area contributed by atoms with E-state index in [-0.39, 0.29) is 18.6 Å². The van der Waals surface area contributed by atoms with Gasteiger partial charge in [-0.3, -0.25) is 9.69 Å². The first kappa shape index (κ1) is 13.8.